The largest absolute Gasteiger partial charge is 0.490 e. The van der Waals surface area contributed by atoms with E-state index < -0.39 is 54.1 Å². The first kappa shape index (κ1) is 70.0. The summed E-state index contributed by atoms with van der Waals surface area (Å²) in [4.78, 5) is 38.6. The summed E-state index contributed by atoms with van der Waals surface area (Å²) < 4.78 is 42.7. The number of nitrogens with zero attached hydrogens (tertiary/aromatic N) is 2. The normalized spacial score (nSPS) is 14.4. The Morgan fingerprint density at radius 1 is 0.443 bits per heavy atom. The van der Waals surface area contributed by atoms with Crippen LogP contribution < -0.4 is 0 Å². The first-order valence-corrected chi connectivity index (χ1v) is 27.8. The van der Waals surface area contributed by atoms with E-state index in [1.165, 1.54) is 110 Å². The molecule has 0 amide bonds. The van der Waals surface area contributed by atoms with Crippen LogP contribution in [0.5, 0.6) is 0 Å². The average molecular weight is 1020 g/mol. The monoisotopic (exact) mass is 1010 g/mol. The maximum Gasteiger partial charge on any atom is 0.490 e. The van der Waals surface area contributed by atoms with E-state index in [1.54, 1.807) is 0 Å². The highest BCUT2D eigenvalue weighted by Crippen LogP contribution is 2.19. The molecule has 0 aromatic heterocycles. The molecule has 70 heavy (non-hydrogen) atoms. The molecule has 0 spiro atoms. The molecular formula is C54H105F3N2O11. The second-order valence-electron chi connectivity index (χ2n) is 20.2. The van der Waals surface area contributed by atoms with Gasteiger partial charge >= 0.3 is 24.1 Å². The Balaban J connectivity index is 0. The summed E-state index contributed by atoms with van der Waals surface area (Å²) in [6.07, 6.45) is 24.2. The van der Waals surface area contributed by atoms with Gasteiger partial charge < -0.3 is 40.1 Å². The lowest BCUT2D eigenvalue weighted by Gasteiger charge is -2.28. The van der Waals surface area contributed by atoms with E-state index >= 15 is 0 Å². The van der Waals surface area contributed by atoms with E-state index in [-0.39, 0.29) is 26.1 Å². The van der Waals surface area contributed by atoms with Gasteiger partial charge in [-0.1, -0.05) is 182 Å². The van der Waals surface area contributed by atoms with Crippen molar-refractivity contribution in [1.29, 1.82) is 0 Å². The number of halogens is 3. The zero-order chi connectivity index (χ0) is 52.9. The third-order valence-electron chi connectivity index (χ3n) is 12.5. The first-order chi connectivity index (χ1) is 33.3. The lowest BCUT2D eigenvalue weighted by molar-refractivity contribution is -0.192. The molecule has 0 aliphatic heterocycles. The fourth-order valence-electron chi connectivity index (χ4n) is 8.45. The molecule has 0 saturated carbocycles. The van der Waals surface area contributed by atoms with Gasteiger partial charge in [0.05, 0.1) is 56.1 Å². The third kappa shape index (κ3) is 48.2. The number of aliphatic hydroxyl groups excluding tert-OH is 4. The minimum atomic E-state index is -5.08. The van der Waals surface area contributed by atoms with Crippen LogP contribution in [0.3, 0.4) is 0 Å². The predicted molar refractivity (Wildman–Crippen MR) is 274 cm³/mol. The average Bonchev–Trinajstić information content (AvgIpc) is 3.28. The number of aliphatic hydroxyl groups is 5. The van der Waals surface area contributed by atoms with Gasteiger partial charge in [-0.25, -0.2) is 4.79 Å². The number of carbonyl (C=O) groups is 3. The molecule has 0 heterocycles. The lowest BCUT2D eigenvalue weighted by Crippen LogP contribution is -2.39. The van der Waals surface area contributed by atoms with Crippen molar-refractivity contribution in [3.63, 3.8) is 0 Å². The highest BCUT2D eigenvalue weighted by atomic mass is 19.4. The molecule has 0 aliphatic rings. The van der Waals surface area contributed by atoms with E-state index in [4.69, 9.17) is 19.4 Å². The van der Waals surface area contributed by atoms with Gasteiger partial charge in [-0.2, -0.15) is 13.2 Å². The minimum absolute atomic E-state index is 0.134. The second kappa shape index (κ2) is 46.7. The molecule has 0 rings (SSSR count). The lowest BCUT2D eigenvalue weighted by atomic mass is 9.98. The molecule has 418 valence electrons. The number of aliphatic carboxylic acids is 1. The van der Waals surface area contributed by atoms with E-state index in [9.17, 15) is 48.3 Å². The highest BCUT2D eigenvalue weighted by molar-refractivity contribution is 5.75. The number of esters is 2. The van der Waals surface area contributed by atoms with Crippen LogP contribution in [0.25, 0.3) is 0 Å². The molecule has 0 bridgehead atoms. The van der Waals surface area contributed by atoms with Gasteiger partial charge in [0, 0.05) is 39.3 Å². The molecule has 0 radical (unpaired) electrons. The molecule has 0 fully saturated rings. The zero-order valence-corrected chi connectivity index (χ0v) is 44.8. The summed E-state index contributed by atoms with van der Waals surface area (Å²) in [6, 6.07) is 0. The predicted octanol–water partition coefficient (Wildman–Crippen LogP) is 11.1. The van der Waals surface area contributed by atoms with E-state index in [0.29, 0.717) is 52.1 Å². The van der Waals surface area contributed by atoms with Gasteiger partial charge in [0.2, 0.25) is 0 Å². The summed E-state index contributed by atoms with van der Waals surface area (Å²) >= 11 is 0. The maximum absolute atomic E-state index is 12.8. The van der Waals surface area contributed by atoms with E-state index in [0.717, 1.165) is 77.0 Å². The number of alkyl halides is 3. The van der Waals surface area contributed by atoms with Crippen LogP contribution in [0.2, 0.25) is 0 Å². The molecular weight excluding hydrogens is 910 g/mol. The molecule has 0 aliphatic carbocycles. The first-order valence-electron chi connectivity index (χ1n) is 27.8. The Hall–Kier alpha value is -2.08. The standard InChI is InChI=1S/C52H104N2O9.C2HF3O2/c1-6-10-14-18-22-26-32-46(55)42-53(43-47(56)33-27-23-19-15-11-7-2)36-30-38-62-50(59)40-52(5,61)41-51(60)63-39-31-37-54(44-48(57)34-28-24-20-16-12-8-3)45-49(58)35-29-25-21-17-13-9-4;3-2(4,5)1(6)7/h46-49,55-58,61H,6-45H2,1-5H3;(H,6,7). The van der Waals surface area contributed by atoms with Crippen molar-refractivity contribution in [3.8, 4) is 0 Å². The van der Waals surface area contributed by atoms with Gasteiger partial charge in [-0.15, -0.1) is 0 Å². The second-order valence-corrected chi connectivity index (χ2v) is 20.2. The van der Waals surface area contributed by atoms with E-state index in [1.807, 2.05) is 0 Å². The van der Waals surface area contributed by atoms with Crippen LogP contribution in [0.4, 0.5) is 13.2 Å². The van der Waals surface area contributed by atoms with Crippen molar-refractivity contribution in [2.45, 2.75) is 276 Å². The van der Waals surface area contributed by atoms with Gasteiger partial charge in [-0.05, 0) is 45.4 Å². The van der Waals surface area contributed by atoms with Crippen molar-refractivity contribution >= 4 is 17.9 Å². The number of hydrogen-bond acceptors (Lipinski definition) is 12. The fourth-order valence-corrected chi connectivity index (χ4v) is 8.45. The van der Waals surface area contributed by atoms with Crippen LogP contribution in [-0.2, 0) is 23.9 Å². The number of ether oxygens (including phenoxy) is 2. The van der Waals surface area contributed by atoms with Gasteiger partial charge in [0.25, 0.3) is 0 Å². The summed E-state index contributed by atoms with van der Waals surface area (Å²) in [7, 11) is 0. The Kier molecular flexibility index (Phi) is 46.7. The van der Waals surface area contributed by atoms with Gasteiger partial charge in [0.1, 0.15) is 0 Å². The van der Waals surface area contributed by atoms with Gasteiger partial charge in [0.15, 0.2) is 0 Å². The quantitative estimate of drug-likeness (QED) is 0.0249. The number of hydrogen-bond donors (Lipinski definition) is 6. The van der Waals surface area contributed by atoms with Crippen LogP contribution in [0.15, 0.2) is 0 Å². The molecule has 0 aromatic carbocycles. The number of carbonyl (C=O) groups excluding carboxylic acids is 2. The number of rotatable bonds is 48. The Bertz CT molecular complexity index is 1090. The molecule has 0 saturated heterocycles. The molecule has 16 heteroatoms. The number of unbranched alkanes of at least 4 members (excludes halogenated alkanes) is 20. The zero-order valence-electron chi connectivity index (χ0n) is 44.8. The van der Waals surface area contributed by atoms with Crippen LogP contribution in [0, 0.1) is 0 Å². The van der Waals surface area contributed by atoms with E-state index in [2.05, 4.69) is 37.5 Å². The molecule has 6 N–H and O–H groups in total. The number of carboxylic acid groups (broad SMARTS) is 1. The number of carboxylic acids is 1. The topological polar surface area (TPSA) is 198 Å². The van der Waals surface area contributed by atoms with Crippen LogP contribution in [0.1, 0.15) is 240 Å². The van der Waals surface area contributed by atoms with Crippen LogP contribution in [-0.4, -0.2) is 147 Å². The highest BCUT2D eigenvalue weighted by Gasteiger charge is 2.38. The Labute approximate surface area is 423 Å². The van der Waals surface area contributed by atoms with Crippen molar-refractivity contribution in [2.24, 2.45) is 0 Å². The summed E-state index contributed by atoms with van der Waals surface area (Å²) in [5, 5.41) is 61.4. The Morgan fingerprint density at radius 2 is 0.671 bits per heavy atom. The van der Waals surface area contributed by atoms with Gasteiger partial charge in [-0.3, -0.25) is 19.4 Å². The molecule has 0 aromatic rings. The minimum Gasteiger partial charge on any atom is -0.475 e. The molecule has 13 nitrogen and oxygen atoms in total. The summed E-state index contributed by atoms with van der Waals surface area (Å²) in [5.41, 5.74) is -1.63. The maximum atomic E-state index is 12.8. The molecule has 4 unspecified atom stereocenters. The smallest absolute Gasteiger partial charge is 0.475 e. The van der Waals surface area contributed by atoms with Crippen LogP contribution >= 0.6 is 0 Å². The SMILES string of the molecule is CCCCCCCCC(O)CN(CCCOC(=O)CC(C)(O)CC(=O)OCCCN(CC(O)CCCCCCCC)CC(O)CCCCCCCC)CC(O)CCCCCCCC.O=C(O)C(F)(F)F. The van der Waals surface area contributed by atoms with Crippen molar-refractivity contribution in [1.82, 2.24) is 9.80 Å². The molecule has 4 atom stereocenters. The Morgan fingerprint density at radius 3 is 0.900 bits per heavy atom. The summed E-state index contributed by atoms with van der Waals surface area (Å²) in [5.74, 6) is -3.95. The van der Waals surface area contributed by atoms with Crippen molar-refractivity contribution < 1.29 is 67.7 Å². The van der Waals surface area contributed by atoms with Crippen molar-refractivity contribution in [3.05, 3.63) is 0 Å². The summed E-state index contributed by atoms with van der Waals surface area (Å²) in [6.45, 7) is 13.5. The third-order valence-corrected chi connectivity index (χ3v) is 12.5. The van der Waals surface area contributed by atoms with Crippen molar-refractivity contribution in [2.75, 3.05) is 52.5 Å². The fraction of sp³-hybridized carbons (Fsp3) is 0.944.